The van der Waals surface area contributed by atoms with Gasteiger partial charge >= 0.3 is 0 Å². The molecule has 6 heteroatoms. The number of aryl methyl sites for hydroxylation is 1. The minimum absolute atomic E-state index is 0.247. The first kappa shape index (κ1) is 13.2. The smallest absolute Gasteiger partial charge is 0.227 e. The molecule has 0 radical (unpaired) electrons. The third kappa shape index (κ3) is 3.17. The number of methoxy groups -OCH3 is 1. The summed E-state index contributed by atoms with van der Waals surface area (Å²) in [6.07, 6.45) is 1.61. The van der Waals surface area contributed by atoms with Crippen molar-refractivity contribution in [3.63, 3.8) is 0 Å². The molecule has 0 bridgehead atoms. The Kier molecular flexibility index (Phi) is 3.91. The molecule has 19 heavy (non-hydrogen) atoms. The van der Waals surface area contributed by atoms with Crippen LogP contribution in [0, 0.1) is 6.92 Å². The molecule has 3 N–H and O–H groups in total. The van der Waals surface area contributed by atoms with Gasteiger partial charge < -0.3 is 15.8 Å². The molecule has 0 amide bonds. The molecular formula is C13H14N4OS. The number of nitrogens with one attached hydrogen (secondary N) is 1. The number of thiocarbonyl (C=S) groups is 1. The Morgan fingerprint density at radius 1 is 1.37 bits per heavy atom. The number of ether oxygens (including phenoxy) is 1. The van der Waals surface area contributed by atoms with Crippen molar-refractivity contribution in [3.8, 4) is 5.75 Å². The van der Waals surface area contributed by atoms with Crippen molar-refractivity contribution < 1.29 is 4.74 Å². The third-order valence-corrected chi connectivity index (χ3v) is 2.77. The summed E-state index contributed by atoms with van der Waals surface area (Å²) in [4.78, 5) is 8.59. The largest absolute Gasteiger partial charge is 0.496 e. The van der Waals surface area contributed by atoms with Crippen molar-refractivity contribution in [1.82, 2.24) is 9.97 Å². The van der Waals surface area contributed by atoms with Crippen LogP contribution < -0.4 is 15.8 Å². The lowest BCUT2D eigenvalue weighted by molar-refractivity contribution is 0.412. The van der Waals surface area contributed by atoms with E-state index in [-0.39, 0.29) is 4.99 Å². The van der Waals surface area contributed by atoms with Gasteiger partial charge in [-0.2, -0.15) is 0 Å². The summed E-state index contributed by atoms with van der Waals surface area (Å²) >= 11 is 4.88. The zero-order chi connectivity index (χ0) is 13.8. The lowest BCUT2D eigenvalue weighted by Gasteiger charge is -2.09. The Morgan fingerprint density at radius 2 is 2.16 bits per heavy atom. The molecule has 0 atom stereocenters. The van der Waals surface area contributed by atoms with E-state index in [1.54, 1.807) is 19.4 Å². The Hall–Kier alpha value is -2.21. The van der Waals surface area contributed by atoms with Gasteiger partial charge in [-0.05, 0) is 36.8 Å². The van der Waals surface area contributed by atoms with Gasteiger partial charge in [0.25, 0.3) is 0 Å². The highest BCUT2D eigenvalue weighted by Crippen LogP contribution is 2.22. The summed E-state index contributed by atoms with van der Waals surface area (Å²) in [7, 11) is 1.64. The molecular weight excluding hydrogens is 260 g/mol. The summed E-state index contributed by atoms with van der Waals surface area (Å²) in [5.41, 5.74) is 7.97. The van der Waals surface area contributed by atoms with Crippen molar-refractivity contribution in [1.29, 1.82) is 0 Å². The first-order valence-corrected chi connectivity index (χ1v) is 6.05. The van der Waals surface area contributed by atoms with E-state index in [9.17, 15) is 0 Å². The molecule has 0 spiro atoms. The molecule has 0 aliphatic heterocycles. The molecule has 1 aromatic carbocycles. The van der Waals surface area contributed by atoms with Crippen LogP contribution in [0.25, 0.3) is 0 Å². The third-order valence-electron chi connectivity index (χ3n) is 2.56. The molecule has 0 saturated carbocycles. The van der Waals surface area contributed by atoms with Crippen LogP contribution in [0.5, 0.6) is 5.75 Å². The Morgan fingerprint density at radius 3 is 2.79 bits per heavy atom. The van der Waals surface area contributed by atoms with Gasteiger partial charge in [-0.3, -0.25) is 0 Å². The van der Waals surface area contributed by atoms with Crippen LogP contribution in [0.1, 0.15) is 11.3 Å². The van der Waals surface area contributed by atoms with Crippen molar-refractivity contribution in [3.05, 3.63) is 41.7 Å². The summed E-state index contributed by atoms with van der Waals surface area (Å²) in [5, 5.41) is 3.10. The maximum atomic E-state index is 5.53. The fourth-order valence-electron chi connectivity index (χ4n) is 1.64. The summed E-state index contributed by atoms with van der Waals surface area (Å²) in [5.74, 6) is 1.29. The number of rotatable bonds is 4. The molecule has 1 aromatic heterocycles. The van der Waals surface area contributed by atoms with E-state index in [2.05, 4.69) is 15.3 Å². The number of benzene rings is 1. The Bertz CT molecular complexity index is 615. The van der Waals surface area contributed by atoms with Crippen LogP contribution in [0.3, 0.4) is 0 Å². The first-order chi connectivity index (χ1) is 9.10. The van der Waals surface area contributed by atoms with Gasteiger partial charge in [-0.1, -0.05) is 12.2 Å². The molecule has 0 fully saturated rings. The van der Waals surface area contributed by atoms with Crippen LogP contribution in [-0.4, -0.2) is 22.1 Å². The van der Waals surface area contributed by atoms with E-state index in [4.69, 9.17) is 22.7 Å². The SMILES string of the molecule is COc1ccc(Nc2nccc(C(N)=S)n2)cc1C. The van der Waals surface area contributed by atoms with Crippen LogP contribution in [0.15, 0.2) is 30.5 Å². The van der Waals surface area contributed by atoms with Gasteiger partial charge in [0.1, 0.15) is 16.4 Å². The Balaban J connectivity index is 2.23. The second kappa shape index (κ2) is 5.62. The van der Waals surface area contributed by atoms with Crippen molar-refractivity contribution >= 4 is 28.8 Å². The van der Waals surface area contributed by atoms with E-state index < -0.39 is 0 Å². The van der Waals surface area contributed by atoms with Crippen LogP contribution in [-0.2, 0) is 0 Å². The average Bonchev–Trinajstić information content (AvgIpc) is 2.39. The zero-order valence-corrected chi connectivity index (χ0v) is 11.5. The predicted octanol–water partition coefficient (Wildman–Crippen LogP) is 2.17. The molecule has 2 aromatic rings. The summed E-state index contributed by atoms with van der Waals surface area (Å²) < 4.78 is 5.21. The molecule has 2 rings (SSSR count). The zero-order valence-electron chi connectivity index (χ0n) is 10.7. The average molecular weight is 274 g/mol. The van der Waals surface area contributed by atoms with Crippen LogP contribution in [0.2, 0.25) is 0 Å². The monoisotopic (exact) mass is 274 g/mol. The normalized spacial score (nSPS) is 10.0. The summed E-state index contributed by atoms with van der Waals surface area (Å²) in [6.45, 7) is 1.97. The number of nitrogens with zero attached hydrogens (tertiary/aromatic N) is 2. The van der Waals surface area contributed by atoms with Gasteiger partial charge in [0.2, 0.25) is 5.95 Å². The van der Waals surface area contributed by atoms with Crippen molar-refractivity contribution in [2.24, 2.45) is 5.73 Å². The second-order valence-corrected chi connectivity index (χ2v) is 4.38. The molecule has 98 valence electrons. The number of hydrogen-bond donors (Lipinski definition) is 2. The van der Waals surface area contributed by atoms with E-state index in [1.807, 2.05) is 25.1 Å². The molecule has 1 heterocycles. The Labute approximate surface area is 116 Å². The fraction of sp³-hybridized carbons (Fsp3) is 0.154. The lowest BCUT2D eigenvalue weighted by atomic mass is 10.2. The fourth-order valence-corrected chi connectivity index (χ4v) is 1.76. The number of hydrogen-bond acceptors (Lipinski definition) is 5. The standard InChI is InChI=1S/C13H14N4OS/c1-8-7-9(3-4-11(8)18-2)16-13-15-6-5-10(17-13)12(14)19/h3-7H,1-2H3,(H2,14,19)(H,15,16,17). The number of aromatic nitrogens is 2. The van der Waals surface area contributed by atoms with Gasteiger partial charge in [0.05, 0.1) is 7.11 Å². The number of nitrogens with two attached hydrogens (primary N) is 1. The molecule has 5 nitrogen and oxygen atoms in total. The highest BCUT2D eigenvalue weighted by molar-refractivity contribution is 7.80. The molecule has 0 unspecified atom stereocenters. The van der Waals surface area contributed by atoms with Crippen LogP contribution >= 0.6 is 12.2 Å². The number of anilines is 2. The topological polar surface area (TPSA) is 73.1 Å². The van der Waals surface area contributed by atoms with E-state index in [0.29, 0.717) is 11.6 Å². The highest BCUT2D eigenvalue weighted by Gasteiger charge is 2.04. The second-order valence-electron chi connectivity index (χ2n) is 3.94. The minimum atomic E-state index is 0.247. The van der Waals surface area contributed by atoms with Crippen LogP contribution in [0.4, 0.5) is 11.6 Å². The van der Waals surface area contributed by atoms with Gasteiger partial charge in [0.15, 0.2) is 0 Å². The maximum Gasteiger partial charge on any atom is 0.227 e. The quantitative estimate of drug-likeness (QED) is 0.832. The van der Waals surface area contributed by atoms with Gasteiger partial charge in [0, 0.05) is 11.9 Å². The predicted molar refractivity (Wildman–Crippen MR) is 78.9 cm³/mol. The van der Waals surface area contributed by atoms with Gasteiger partial charge in [-0.15, -0.1) is 0 Å². The van der Waals surface area contributed by atoms with Crippen molar-refractivity contribution in [2.75, 3.05) is 12.4 Å². The first-order valence-electron chi connectivity index (χ1n) is 5.64. The van der Waals surface area contributed by atoms with Gasteiger partial charge in [-0.25, -0.2) is 9.97 Å². The molecule has 0 aliphatic carbocycles. The van der Waals surface area contributed by atoms with Crippen molar-refractivity contribution in [2.45, 2.75) is 6.92 Å². The summed E-state index contributed by atoms with van der Waals surface area (Å²) in [6, 6.07) is 7.40. The van der Waals surface area contributed by atoms with E-state index >= 15 is 0 Å². The molecule has 0 aliphatic rings. The van der Waals surface area contributed by atoms with E-state index in [1.165, 1.54) is 0 Å². The highest BCUT2D eigenvalue weighted by atomic mass is 32.1. The maximum absolute atomic E-state index is 5.53. The minimum Gasteiger partial charge on any atom is -0.496 e. The molecule has 0 saturated heterocycles. The lowest BCUT2D eigenvalue weighted by Crippen LogP contribution is -2.12. The van der Waals surface area contributed by atoms with E-state index in [0.717, 1.165) is 17.0 Å².